The summed E-state index contributed by atoms with van der Waals surface area (Å²) in [4.78, 5) is 0. The van der Waals surface area contributed by atoms with Gasteiger partial charge in [-0.05, 0) is 58.5 Å². The highest BCUT2D eigenvalue weighted by Gasteiger charge is 2.02. The maximum atomic E-state index is 5.55. The third-order valence-corrected chi connectivity index (χ3v) is 4.53. The molecule has 0 fully saturated rings. The molecule has 1 heteroatoms. The average molecular weight is 330 g/mol. The third-order valence-electron chi connectivity index (χ3n) is 4.53. The lowest BCUT2D eigenvalue weighted by Gasteiger charge is -2.08. The summed E-state index contributed by atoms with van der Waals surface area (Å²) in [5, 5.41) is 2.62. The molecule has 128 valence electrons. The largest absolute Gasteiger partial charge is 0.490 e. The van der Waals surface area contributed by atoms with Gasteiger partial charge in [0.15, 0.2) is 0 Å². The smallest absolute Gasteiger partial charge is 0.119 e. The van der Waals surface area contributed by atoms with E-state index in [1.807, 2.05) is 12.1 Å². The van der Waals surface area contributed by atoms with Gasteiger partial charge < -0.3 is 4.74 Å². The van der Waals surface area contributed by atoms with E-state index < -0.39 is 0 Å². The summed E-state index contributed by atoms with van der Waals surface area (Å²) in [6.07, 6.45) is 6.80. The van der Waals surface area contributed by atoms with Crippen molar-refractivity contribution < 1.29 is 4.74 Å². The molecular weight excluding hydrogens is 304 g/mol. The summed E-state index contributed by atoms with van der Waals surface area (Å²) in [7, 11) is 0. The first-order chi connectivity index (χ1) is 12.3. The number of hydrogen-bond acceptors (Lipinski definition) is 1. The van der Waals surface area contributed by atoms with Crippen LogP contribution in [0.4, 0.5) is 0 Å². The van der Waals surface area contributed by atoms with Crippen LogP contribution < -0.4 is 4.74 Å². The fraction of sp³-hybridized carbons (Fsp3) is 0.250. The molecule has 0 saturated carbocycles. The number of rotatable bonds is 8. The highest BCUT2D eigenvalue weighted by molar-refractivity contribution is 5.87. The molecule has 3 aromatic rings. The Morgan fingerprint density at radius 2 is 1.56 bits per heavy atom. The van der Waals surface area contributed by atoms with Crippen molar-refractivity contribution in [3.8, 4) is 16.9 Å². The van der Waals surface area contributed by atoms with Crippen LogP contribution in [0.5, 0.6) is 5.75 Å². The predicted molar refractivity (Wildman–Crippen MR) is 108 cm³/mol. The summed E-state index contributed by atoms with van der Waals surface area (Å²) in [6, 6.07) is 21.8. The summed E-state index contributed by atoms with van der Waals surface area (Å²) >= 11 is 0. The summed E-state index contributed by atoms with van der Waals surface area (Å²) in [6.45, 7) is 6.46. The maximum absolute atomic E-state index is 5.55. The molecule has 0 aliphatic rings. The quantitative estimate of drug-likeness (QED) is 0.326. The molecule has 0 saturated heterocycles. The average Bonchev–Trinajstić information content (AvgIpc) is 2.66. The topological polar surface area (TPSA) is 9.23 Å². The molecule has 0 aliphatic heterocycles. The van der Waals surface area contributed by atoms with Crippen LogP contribution in [0.1, 0.15) is 31.7 Å². The van der Waals surface area contributed by atoms with E-state index >= 15 is 0 Å². The van der Waals surface area contributed by atoms with Crippen LogP contribution in [0.15, 0.2) is 73.3 Å². The standard InChI is InChI=1S/C24H26O/c1-3-5-6-7-19-8-9-23-18-22(11-10-21(23)17-19)20-12-14-24(15-13-20)25-16-4-2/h4,8-15,17-18H,2-3,5-7,16H2,1H3. The minimum absolute atomic E-state index is 0.538. The molecule has 0 heterocycles. The minimum atomic E-state index is 0.538. The van der Waals surface area contributed by atoms with Crippen LogP contribution >= 0.6 is 0 Å². The van der Waals surface area contributed by atoms with Crippen LogP contribution in [0.3, 0.4) is 0 Å². The Balaban J connectivity index is 1.78. The van der Waals surface area contributed by atoms with Gasteiger partial charge in [-0.1, -0.05) is 74.9 Å². The molecule has 0 aliphatic carbocycles. The first kappa shape index (κ1) is 17.3. The molecule has 0 spiro atoms. The van der Waals surface area contributed by atoms with Crippen LogP contribution in [0.25, 0.3) is 21.9 Å². The zero-order valence-corrected chi connectivity index (χ0v) is 15.0. The molecule has 0 unspecified atom stereocenters. The van der Waals surface area contributed by atoms with E-state index in [1.54, 1.807) is 6.08 Å². The van der Waals surface area contributed by atoms with Crippen molar-refractivity contribution in [3.63, 3.8) is 0 Å². The van der Waals surface area contributed by atoms with Gasteiger partial charge in [-0.2, -0.15) is 0 Å². The summed E-state index contributed by atoms with van der Waals surface area (Å²) < 4.78 is 5.55. The van der Waals surface area contributed by atoms with Gasteiger partial charge >= 0.3 is 0 Å². The monoisotopic (exact) mass is 330 g/mol. The Labute approximate surface area is 151 Å². The van der Waals surface area contributed by atoms with Gasteiger partial charge in [-0.3, -0.25) is 0 Å². The zero-order valence-electron chi connectivity index (χ0n) is 15.0. The third kappa shape index (κ3) is 4.51. The SMILES string of the molecule is C=CCOc1ccc(-c2ccc3cc(CCCCC)ccc3c2)cc1. The van der Waals surface area contributed by atoms with Gasteiger partial charge in [0.25, 0.3) is 0 Å². The minimum Gasteiger partial charge on any atom is -0.490 e. The number of aryl methyl sites for hydroxylation is 1. The first-order valence-electron chi connectivity index (χ1n) is 9.17. The van der Waals surface area contributed by atoms with E-state index in [0.717, 1.165) is 5.75 Å². The van der Waals surface area contributed by atoms with E-state index in [2.05, 4.69) is 62.0 Å². The fourth-order valence-electron chi connectivity index (χ4n) is 3.11. The van der Waals surface area contributed by atoms with E-state index in [1.165, 1.54) is 53.1 Å². The molecule has 0 aromatic heterocycles. The zero-order chi connectivity index (χ0) is 17.5. The molecule has 3 rings (SSSR count). The maximum Gasteiger partial charge on any atom is 0.119 e. The fourth-order valence-corrected chi connectivity index (χ4v) is 3.11. The van der Waals surface area contributed by atoms with Crippen molar-refractivity contribution in [2.75, 3.05) is 6.61 Å². The molecule has 0 amide bonds. The second kappa shape index (κ2) is 8.53. The first-order valence-corrected chi connectivity index (χ1v) is 9.17. The molecule has 1 nitrogen and oxygen atoms in total. The van der Waals surface area contributed by atoms with E-state index in [9.17, 15) is 0 Å². The van der Waals surface area contributed by atoms with Crippen molar-refractivity contribution in [2.45, 2.75) is 32.6 Å². The van der Waals surface area contributed by atoms with Crippen molar-refractivity contribution in [3.05, 3.63) is 78.9 Å². The lowest BCUT2D eigenvalue weighted by molar-refractivity contribution is 0.363. The lowest BCUT2D eigenvalue weighted by Crippen LogP contribution is -1.92. The Kier molecular flexibility index (Phi) is 5.90. The Morgan fingerprint density at radius 3 is 2.32 bits per heavy atom. The van der Waals surface area contributed by atoms with Crippen molar-refractivity contribution in [1.29, 1.82) is 0 Å². The molecule has 0 radical (unpaired) electrons. The Bertz CT molecular complexity index is 830. The number of ether oxygens (including phenoxy) is 1. The second-order valence-electron chi connectivity index (χ2n) is 6.48. The highest BCUT2D eigenvalue weighted by atomic mass is 16.5. The lowest BCUT2D eigenvalue weighted by atomic mass is 9.98. The van der Waals surface area contributed by atoms with Gasteiger partial charge in [0.1, 0.15) is 12.4 Å². The van der Waals surface area contributed by atoms with Gasteiger partial charge in [-0.25, -0.2) is 0 Å². The van der Waals surface area contributed by atoms with Gasteiger partial charge in [-0.15, -0.1) is 0 Å². The number of unbranched alkanes of at least 4 members (excludes halogenated alkanes) is 2. The predicted octanol–water partition coefficient (Wildman–Crippen LogP) is 6.80. The van der Waals surface area contributed by atoms with E-state index in [-0.39, 0.29) is 0 Å². The van der Waals surface area contributed by atoms with Crippen LogP contribution in [0, 0.1) is 0 Å². The Hall–Kier alpha value is -2.54. The van der Waals surface area contributed by atoms with Gasteiger partial charge in [0.05, 0.1) is 0 Å². The van der Waals surface area contributed by atoms with Crippen molar-refractivity contribution in [2.24, 2.45) is 0 Å². The molecular formula is C24H26O. The normalized spacial score (nSPS) is 10.8. The van der Waals surface area contributed by atoms with Crippen molar-refractivity contribution >= 4 is 10.8 Å². The highest BCUT2D eigenvalue weighted by Crippen LogP contribution is 2.27. The Morgan fingerprint density at radius 1 is 0.840 bits per heavy atom. The molecule has 3 aromatic carbocycles. The molecule has 0 atom stereocenters. The van der Waals surface area contributed by atoms with E-state index in [4.69, 9.17) is 4.74 Å². The van der Waals surface area contributed by atoms with Crippen molar-refractivity contribution in [1.82, 2.24) is 0 Å². The summed E-state index contributed by atoms with van der Waals surface area (Å²) in [5.74, 6) is 0.876. The van der Waals surface area contributed by atoms with Gasteiger partial charge in [0.2, 0.25) is 0 Å². The van der Waals surface area contributed by atoms with E-state index in [0.29, 0.717) is 6.61 Å². The van der Waals surface area contributed by atoms with Crippen LogP contribution in [-0.2, 0) is 6.42 Å². The molecule has 0 bridgehead atoms. The molecule has 0 N–H and O–H groups in total. The summed E-state index contributed by atoms with van der Waals surface area (Å²) in [5.41, 5.74) is 3.89. The van der Waals surface area contributed by atoms with Crippen LogP contribution in [0.2, 0.25) is 0 Å². The van der Waals surface area contributed by atoms with Crippen LogP contribution in [-0.4, -0.2) is 6.61 Å². The number of benzene rings is 3. The molecule has 25 heavy (non-hydrogen) atoms. The van der Waals surface area contributed by atoms with Gasteiger partial charge in [0, 0.05) is 0 Å². The second-order valence-corrected chi connectivity index (χ2v) is 6.48. The number of hydrogen-bond donors (Lipinski definition) is 0. The number of fused-ring (bicyclic) bond motifs is 1.